The number of nitrogens with one attached hydrogen (secondary N) is 2. The summed E-state index contributed by atoms with van der Waals surface area (Å²) in [5.41, 5.74) is 0.967. The number of sulfonamides is 1. The van der Waals surface area contributed by atoms with E-state index in [9.17, 15) is 8.42 Å². The molecule has 0 saturated heterocycles. The highest BCUT2D eigenvalue weighted by molar-refractivity contribution is 7.98. The Morgan fingerprint density at radius 3 is 2.74 bits per heavy atom. The highest BCUT2D eigenvalue weighted by Gasteiger charge is 2.14. The molecule has 1 rings (SSSR count). The summed E-state index contributed by atoms with van der Waals surface area (Å²) in [5.74, 6) is 0.958. The maximum Gasteiger partial charge on any atom is 0.240 e. The van der Waals surface area contributed by atoms with Crippen molar-refractivity contribution in [2.45, 2.75) is 24.3 Å². The van der Waals surface area contributed by atoms with Gasteiger partial charge in [-0.25, -0.2) is 13.1 Å². The molecule has 0 aliphatic heterocycles. The van der Waals surface area contributed by atoms with E-state index in [1.165, 1.54) is 0 Å². The average molecular weight is 302 g/mol. The van der Waals surface area contributed by atoms with Crippen molar-refractivity contribution in [3.05, 3.63) is 29.8 Å². The predicted octanol–water partition coefficient (Wildman–Crippen LogP) is 2.00. The molecular weight excluding hydrogens is 280 g/mol. The summed E-state index contributed by atoms with van der Waals surface area (Å²) >= 11 is 1.71. The third-order valence-corrected chi connectivity index (χ3v) is 5.07. The number of rotatable bonds is 8. The lowest BCUT2D eigenvalue weighted by Crippen LogP contribution is -2.25. The molecule has 6 heteroatoms. The second-order valence-corrected chi connectivity index (χ2v) is 7.08. The van der Waals surface area contributed by atoms with Crippen molar-refractivity contribution >= 4 is 21.8 Å². The first-order valence-corrected chi connectivity index (χ1v) is 9.15. The van der Waals surface area contributed by atoms with Gasteiger partial charge < -0.3 is 5.32 Å². The van der Waals surface area contributed by atoms with Gasteiger partial charge in [-0.3, -0.25) is 0 Å². The Morgan fingerprint density at radius 2 is 2.11 bits per heavy atom. The Balaban J connectivity index is 2.77. The van der Waals surface area contributed by atoms with Gasteiger partial charge in [0, 0.05) is 12.6 Å². The van der Waals surface area contributed by atoms with Gasteiger partial charge >= 0.3 is 0 Å². The second-order valence-electron chi connectivity index (χ2n) is 4.33. The topological polar surface area (TPSA) is 58.2 Å². The highest BCUT2D eigenvalue weighted by Crippen LogP contribution is 2.17. The van der Waals surface area contributed by atoms with E-state index in [2.05, 4.69) is 10.0 Å². The summed E-state index contributed by atoms with van der Waals surface area (Å²) in [4.78, 5) is 0.330. The number of benzene rings is 1. The summed E-state index contributed by atoms with van der Waals surface area (Å²) in [6, 6.07) is 7.18. The molecule has 1 aromatic rings. The van der Waals surface area contributed by atoms with E-state index >= 15 is 0 Å². The van der Waals surface area contributed by atoms with Crippen molar-refractivity contribution < 1.29 is 8.42 Å². The molecule has 0 aliphatic rings. The molecule has 0 spiro atoms. The summed E-state index contributed by atoms with van der Waals surface area (Å²) < 4.78 is 26.9. The van der Waals surface area contributed by atoms with E-state index in [4.69, 9.17) is 0 Å². The molecule has 2 N–H and O–H groups in total. The van der Waals surface area contributed by atoms with Gasteiger partial charge in [-0.1, -0.05) is 12.1 Å². The van der Waals surface area contributed by atoms with Crippen LogP contribution in [0.5, 0.6) is 0 Å². The van der Waals surface area contributed by atoms with Crippen LogP contribution in [0.25, 0.3) is 0 Å². The summed E-state index contributed by atoms with van der Waals surface area (Å²) in [5, 5.41) is 3.10. The molecule has 4 nitrogen and oxygen atoms in total. The van der Waals surface area contributed by atoms with Gasteiger partial charge in [-0.05, 0) is 50.1 Å². The minimum Gasteiger partial charge on any atom is -0.313 e. The zero-order chi connectivity index (χ0) is 14.3. The Morgan fingerprint density at radius 1 is 1.37 bits per heavy atom. The van der Waals surface area contributed by atoms with Crippen LogP contribution in [-0.2, 0) is 10.0 Å². The Kier molecular flexibility index (Phi) is 6.85. The van der Waals surface area contributed by atoms with Crippen LogP contribution in [-0.4, -0.2) is 34.0 Å². The van der Waals surface area contributed by atoms with E-state index < -0.39 is 10.0 Å². The highest BCUT2D eigenvalue weighted by atomic mass is 32.2. The molecule has 0 heterocycles. The number of hydrogen-bond acceptors (Lipinski definition) is 4. The van der Waals surface area contributed by atoms with E-state index in [0.29, 0.717) is 11.4 Å². The van der Waals surface area contributed by atoms with Crippen molar-refractivity contribution in [2.24, 2.45) is 0 Å². The van der Waals surface area contributed by atoms with Crippen LogP contribution in [0, 0.1) is 0 Å². The van der Waals surface area contributed by atoms with Crippen LogP contribution in [0.1, 0.15) is 24.9 Å². The Bertz CT molecular complexity index is 489. The fourth-order valence-corrected chi connectivity index (χ4v) is 3.19. The van der Waals surface area contributed by atoms with Crippen molar-refractivity contribution in [3.8, 4) is 0 Å². The normalized spacial score (nSPS) is 13.4. The number of hydrogen-bond donors (Lipinski definition) is 2. The van der Waals surface area contributed by atoms with E-state index in [1.54, 1.807) is 30.0 Å². The fourth-order valence-electron chi connectivity index (χ4n) is 1.62. The molecule has 1 unspecified atom stereocenters. The van der Waals surface area contributed by atoms with Crippen LogP contribution in [0.4, 0.5) is 0 Å². The molecule has 0 radical (unpaired) electrons. The minimum absolute atomic E-state index is 0.131. The van der Waals surface area contributed by atoms with Gasteiger partial charge in [0.25, 0.3) is 0 Å². The van der Waals surface area contributed by atoms with E-state index in [0.717, 1.165) is 17.7 Å². The zero-order valence-electron chi connectivity index (χ0n) is 11.6. The van der Waals surface area contributed by atoms with Gasteiger partial charge in [0.1, 0.15) is 0 Å². The number of thioether (sulfide) groups is 1. The fraction of sp³-hybridized carbons (Fsp3) is 0.538. The quantitative estimate of drug-likeness (QED) is 0.721. The first-order valence-electron chi connectivity index (χ1n) is 6.27. The third-order valence-electron chi connectivity index (χ3n) is 2.92. The van der Waals surface area contributed by atoms with Gasteiger partial charge in [0.2, 0.25) is 10.0 Å². The molecule has 19 heavy (non-hydrogen) atoms. The molecule has 0 fully saturated rings. The van der Waals surface area contributed by atoms with Crippen LogP contribution in [0.2, 0.25) is 0 Å². The minimum atomic E-state index is -3.39. The molecule has 108 valence electrons. The lowest BCUT2D eigenvalue weighted by Gasteiger charge is -2.12. The maximum absolute atomic E-state index is 12.1. The molecule has 0 saturated carbocycles. The first kappa shape index (κ1) is 16.5. The molecule has 0 bridgehead atoms. The van der Waals surface area contributed by atoms with Crippen molar-refractivity contribution in [1.82, 2.24) is 10.0 Å². The summed E-state index contributed by atoms with van der Waals surface area (Å²) in [6.45, 7) is 2.48. The van der Waals surface area contributed by atoms with Gasteiger partial charge in [-0.2, -0.15) is 11.8 Å². The molecule has 1 atom stereocenters. The van der Waals surface area contributed by atoms with Crippen LogP contribution < -0.4 is 10.0 Å². The first-order chi connectivity index (χ1) is 9.01. The monoisotopic (exact) mass is 302 g/mol. The van der Waals surface area contributed by atoms with E-state index in [-0.39, 0.29) is 6.04 Å². The SMILES string of the molecule is CNC(C)c1cccc(S(=O)(=O)NCCCSC)c1. The second kappa shape index (κ2) is 7.89. The van der Waals surface area contributed by atoms with Crippen LogP contribution >= 0.6 is 11.8 Å². The smallest absolute Gasteiger partial charge is 0.240 e. The largest absolute Gasteiger partial charge is 0.313 e. The Hall–Kier alpha value is -0.560. The molecule has 1 aromatic carbocycles. The van der Waals surface area contributed by atoms with Gasteiger partial charge in [0.05, 0.1) is 4.90 Å². The van der Waals surface area contributed by atoms with Crippen molar-refractivity contribution in [2.75, 3.05) is 25.6 Å². The maximum atomic E-state index is 12.1. The molecule has 0 amide bonds. The van der Waals surface area contributed by atoms with Crippen molar-refractivity contribution in [3.63, 3.8) is 0 Å². The molecule has 0 aliphatic carbocycles. The lowest BCUT2D eigenvalue weighted by atomic mass is 10.1. The van der Waals surface area contributed by atoms with Crippen molar-refractivity contribution in [1.29, 1.82) is 0 Å². The zero-order valence-corrected chi connectivity index (χ0v) is 13.3. The van der Waals surface area contributed by atoms with Gasteiger partial charge in [0.15, 0.2) is 0 Å². The lowest BCUT2D eigenvalue weighted by molar-refractivity contribution is 0.580. The van der Waals surface area contributed by atoms with Gasteiger partial charge in [-0.15, -0.1) is 0 Å². The van der Waals surface area contributed by atoms with Crippen LogP contribution in [0.3, 0.4) is 0 Å². The summed E-state index contributed by atoms with van der Waals surface area (Å²) in [6.07, 6.45) is 2.85. The standard InChI is InChI=1S/C13H22N2O2S2/c1-11(14-2)12-6-4-7-13(10-12)19(16,17)15-8-5-9-18-3/h4,6-7,10-11,14-15H,5,8-9H2,1-3H3. The molecule has 0 aromatic heterocycles. The van der Waals surface area contributed by atoms with Crippen LogP contribution in [0.15, 0.2) is 29.2 Å². The Labute approximate surface area is 120 Å². The van der Waals surface area contributed by atoms with E-state index in [1.807, 2.05) is 26.3 Å². The predicted molar refractivity (Wildman–Crippen MR) is 82.1 cm³/mol. The summed E-state index contributed by atoms with van der Waals surface area (Å²) in [7, 11) is -1.54. The third kappa shape index (κ3) is 5.14. The average Bonchev–Trinajstić information content (AvgIpc) is 2.43. The molecular formula is C13H22N2O2S2.